The Morgan fingerprint density at radius 1 is 1.44 bits per heavy atom. The van der Waals surface area contributed by atoms with Gasteiger partial charge in [-0.2, -0.15) is 18.3 Å². The van der Waals surface area contributed by atoms with Crippen molar-refractivity contribution in [2.75, 3.05) is 6.54 Å². The van der Waals surface area contributed by atoms with Crippen LogP contribution in [0.25, 0.3) is 0 Å². The molecule has 1 aromatic heterocycles. The van der Waals surface area contributed by atoms with Crippen molar-refractivity contribution in [3.8, 4) is 0 Å². The Kier molecular flexibility index (Phi) is 4.35. The molecule has 1 heterocycles. The molecule has 92 valence electrons. The number of aryl methyl sites for hydroxylation is 1. The molecular weight excluding hydrogens is 219 g/mol. The van der Waals surface area contributed by atoms with Gasteiger partial charge < -0.3 is 5.32 Å². The standard InChI is InChI=1S/C10H16F3N3/c1-3-5-16-7-8(6-15-16)9(14-4-2)10(11,12)13/h6-7,9,14H,3-5H2,1-2H3. The first kappa shape index (κ1) is 13.0. The van der Waals surface area contributed by atoms with E-state index in [2.05, 4.69) is 10.4 Å². The molecule has 1 aromatic rings. The van der Waals surface area contributed by atoms with Crippen LogP contribution in [0.5, 0.6) is 0 Å². The lowest BCUT2D eigenvalue weighted by Crippen LogP contribution is -2.33. The molecule has 1 rings (SSSR count). The average Bonchev–Trinajstić information content (AvgIpc) is 2.61. The molecule has 3 nitrogen and oxygen atoms in total. The van der Waals surface area contributed by atoms with E-state index in [0.29, 0.717) is 6.54 Å². The maximum Gasteiger partial charge on any atom is 0.408 e. The van der Waals surface area contributed by atoms with Crippen molar-refractivity contribution in [3.63, 3.8) is 0 Å². The molecule has 1 unspecified atom stereocenters. The van der Waals surface area contributed by atoms with Crippen molar-refractivity contribution in [2.45, 2.75) is 39.0 Å². The van der Waals surface area contributed by atoms with E-state index in [-0.39, 0.29) is 12.1 Å². The Morgan fingerprint density at radius 2 is 2.12 bits per heavy atom. The monoisotopic (exact) mass is 235 g/mol. The normalized spacial score (nSPS) is 14.1. The summed E-state index contributed by atoms with van der Waals surface area (Å²) in [5.74, 6) is 0. The molecule has 16 heavy (non-hydrogen) atoms. The van der Waals surface area contributed by atoms with Crippen molar-refractivity contribution >= 4 is 0 Å². The van der Waals surface area contributed by atoms with Crippen LogP contribution in [0.1, 0.15) is 31.9 Å². The molecule has 0 aliphatic heterocycles. The van der Waals surface area contributed by atoms with Gasteiger partial charge >= 0.3 is 6.18 Å². The van der Waals surface area contributed by atoms with Gasteiger partial charge in [0.2, 0.25) is 0 Å². The van der Waals surface area contributed by atoms with Crippen LogP contribution in [0, 0.1) is 0 Å². The largest absolute Gasteiger partial charge is 0.408 e. The minimum Gasteiger partial charge on any atom is -0.303 e. The second-order valence-corrected chi connectivity index (χ2v) is 3.57. The predicted molar refractivity (Wildman–Crippen MR) is 55.0 cm³/mol. The summed E-state index contributed by atoms with van der Waals surface area (Å²) >= 11 is 0. The molecule has 0 bridgehead atoms. The highest BCUT2D eigenvalue weighted by Gasteiger charge is 2.40. The summed E-state index contributed by atoms with van der Waals surface area (Å²) in [6.45, 7) is 4.50. The maximum absolute atomic E-state index is 12.7. The fourth-order valence-electron chi connectivity index (χ4n) is 1.51. The van der Waals surface area contributed by atoms with E-state index in [0.717, 1.165) is 6.42 Å². The van der Waals surface area contributed by atoms with E-state index in [9.17, 15) is 13.2 Å². The molecule has 0 aromatic carbocycles. The SMILES string of the molecule is CCCn1cc(C(NCC)C(F)(F)F)cn1. The summed E-state index contributed by atoms with van der Waals surface area (Å²) in [5, 5.41) is 6.32. The molecule has 0 aliphatic carbocycles. The van der Waals surface area contributed by atoms with Crippen LogP contribution in [-0.4, -0.2) is 22.5 Å². The average molecular weight is 235 g/mol. The zero-order chi connectivity index (χ0) is 12.2. The summed E-state index contributed by atoms with van der Waals surface area (Å²) < 4.78 is 39.6. The summed E-state index contributed by atoms with van der Waals surface area (Å²) in [6.07, 6.45) is -0.712. The molecule has 0 radical (unpaired) electrons. The molecule has 0 aliphatic rings. The smallest absolute Gasteiger partial charge is 0.303 e. The number of rotatable bonds is 5. The first-order valence-corrected chi connectivity index (χ1v) is 5.31. The Hall–Kier alpha value is -1.04. The van der Waals surface area contributed by atoms with Gasteiger partial charge in [0.15, 0.2) is 0 Å². The highest BCUT2D eigenvalue weighted by Crippen LogP contribution is 2.32. The van der Waals surface area contributed by atoms with E-state index >= 15 is 0 Å². The fraction of sp³-hybridized carbons (Fsp3) is 0.700. The predicted octanol–water partition coefficient (Wildman–Crippen LogP) is 2.51. The zero-order valence-corrected chi connectivity index (χ0v) is 9.38. The van der Waals surface area contributed by atoms with Crippen LogP contribution in [-0.2, 0) is 6.54 Å². The summed E-state index contributed by atoms with van der Waals surface area (Å²) in [7, 11) is 0. The topological polar surface area (TPSA) is 29.9 Å². The van der Waals surface area contributed by atoms with E-state index in [4.69, 9.17) is 0 Å². The number of alkyl halides is 3. The molecular formula is C10H16F3N3. The van der Waals surface area contributed by atoms with Crippen LogP contribution in [0.3, 0.4) is 0 Å². The third-order valence-electron chi connectivity index (χ3n) is 2.17. The van der Waals surface area contributed by atoms with Gasteiger partial charge in [-0.05, 0) is 13.0 Å². The highest BCUT2D eigenvalue weighted by molar-refractivity contribution is 5.12. The Morgan fingerprint density at radius 3 is 2.62 bits per heavy atom. The lowest BCUT2D eigenvalue weighted by molar-refractivity contribution is -0.157. The molecule has 6 heteroatoms. The van der Waals surface area contributed by atoms with Crippen molar-refractivity contribution < 1.29 is 13.2 Å². The number of halogens is 3. The number of aromatic nitrogens is 2. The van der Waals surface area contributed by atoms with Crippen LogP contribution >= 0.6 is 0 Å². The van der Waals surface area contributed by atoms with E-state index in [1.165, 1.54) is 17.1 Å². The number of hydrogen-bond donors (Lipinski definition) is 1. The van der Waals surface area contributed by atoms with E-state index < -0.39 is 12.2 Å². The molecule has 0 saturated carbocycles. The van der Waals surface area contributed by atoms with Gasteiger partial charge in [0.25, 0.3) is 0 Å². The minimum absolute atomic E-state index is 0.169. The first-order chi connectivity index (χ1) is 7.49. The second kappa shape index (κ2) is 5.34. The van der Waals surface area contributed by atoms with Crippen molar-refractivity contribution in [1.29, 1.82) is 0 Å². The zero-order valence-electron chi connectivity index (χ0n) is 9.38. The van der Waals surface area contributed by atoms with Crippen LogP contribution in [0.4, 0.5) is 13.2 Å². The maximum atomic E-state index is 12.7. The van der Waals surface area contributed by atoms with Gasteiger partial charge in [-0.25, -0.2) is 0 Å². The van der Waals surface area contributed by atoms with Crippen molar-refractivity contribution in [2.24, 2.45) is 0 Å². The third-order valence-corrected chi connectivity index (χ3v) is 2.17. The summed E-state index contributed by atoms with van der Waals surface area (Å²) in [6, 6.07) is -1.62. The molecule has 0 saturated heterocycles. The third kappa shape index (κ3) is 3.23. The van der Waals surface area contributed by atoms with Gasteiger partial charge in [-0.1, -0.05) is 13.8 Å². The quantitative estimate of drug-likeness (QED) is 0.849. The summed E-state index contributed by atoms with van der Waals surface area (Å²) in [4.78, 5) is 0. The van der Waals surface area contributed by atoms with Crippen LogP contribution < -0.4 is 5.32 Å². The molecule has 0 fully saturated rings. The number of nitrogens with zero attached hydrogens (tertiary/aromatic N) is 2. The minimum atomic E-state index is -4.28. The van der Waals surface area contributed by atoms with Gasteiger partial charge in [0.05, 0.1) is 6.20 Å². The van der Waals surface area contributed by atoms with Crippen LogP contribution in [0.2, 0.25) is 0 Å². The van der Waals surface area contributed by atoms with Gasteiger partial charge in [-0.3, -0.25) is 4.68 Å². The van der Waals surface area contributed by atoms with Gasteiger partial charge in [0.1, 0.15) is 6.04 Å². The molecule has 0 spiro atoms. The summed E-state index contributed by atoms with van der Waals surface area (Å²) in [5.41, 5.74) is 0.169. The van der Waals surface area contributed by atoms with Crippen molar-refractivity contribution in [3.05, 3.63) is 18.0 Å². The lowest BCUT2D eigenvalue weighted by Gasteiger charge is -2.19. The van der Waals surface area contributed by atoms with E-state index in [1.54, 1.807) is 6.92 Å². The molecule has 1 atom stereocenters. The Labute approximate surface area is 92.6 Å². The van der Waals surface area contributed by atoms with Gasteiger partial charge in [-0.15, -0.1) is 0 Å². The number of hydrogen-bond acceptors (Lipinski definition) is 2. The first-order valence-electron chi connectivity index (χ1n) is 5.31. The lowest BCUT2D eigenvalue weighted by atomic mass is 10.1. The van der Waals surface area contributed by atoms with Crippen molar-refractivity contribution in [1.82, 2.24) is 15.1 Å². The highest BCUT2D eigenvalue weighted by atomic mass is 19.4. The van der Waals surface area contributed by atoms with Gasteiger partial charge in [0, 0.05) is 18.3 Å². The Bertz CT molecular complexity index is 319. The fourth-order valence-corrected chi connectivity index (χ4v) is 1.51. The van der Waals surface area contributed by atoms with E-state index in [1.807, 2.05) is 6.92 Å². The number of nitrogens with one attached hydrogen (secondary N) is 1. The Balaban J connectivity index is 2.84. The molecule has 0 amide bonds. The molecule has 1 N–H and O–H groups in total. The second-order valence-electron chi connectivity index (χ2n) is 3.57. The van der Waals surface area contributed by atoms with Crippen LogP contribution in [0.15, 0.2) is 12.4 Å².